The lowest BCUT2D eigenvalue weighted by Gasteiger charge is -2.50. The predicted octanol–water partition coefficient (Wildman–Crippen LogP) is 5.71. The van der Waals surface area contributed by atoms with Crippen molar-refractivity contribution < 1.29 is 14.3 Å². The largest absolute Gasteiger partial charge is 0.462 e. The number of carbonyl (C=O) groups is 1. The van der Waals surface area contributed by atoms with Crippen molar-refractivity contribution in [1.29, 1.82) is 0 Å². The molecular formula is C30H43NO3. The van der Waals surface area contributed by atoms with Crippen LogP contribution >= 0.6 is 0 Å². The first-order valence-electron chi connectivity index (χ1n) is 13.5. The quantitative estimate of drug-likeness (QED) is 0.432. The Morgan fingerprint density at radius 1 is 1.18 bits per heavy atom. The molecule has 34 heavy (non-hydrogen) atoms. The van der Waals surface area contributed by atoms with E-state index in [4.69, 9.17) is 9.47 Å². The van der Waals surface area contributed by atoms with Crippen LogP contribution in [0, 0.1) is 29.1 Å². The molecule has 2 aliphatic carbocycles. The van der Waals surface area contributed by atoms with Crippen molar-refractivity contribution in [2.75, 3.05) is 13.2 Å². The number of ether oxygens (including phenoxy) is 2. The first kappa shape index (κ1) is 24.1. The molecule has 2 aliphatic heterocycles. The molecule has 4 aliphatic rings. The molecule has 0 spiro atoms. The molecule has 4 heteroatoms. The maximum Gasteiger partial charge on any atom is 0.310 e. The van der Waals surface area contributed by atoms with Crippen LogP contribution in [0.3, 0.4) is 0 Å². The molecule has 1 N–H and O–H groups in total. The van der Waals surface area contributed by atoms with Crippen molar-refractivity contribution in [2.45, 2.75) is 89.9 Å². The molecule has 0 aromatic heterocycles. The summed E-state index contributed by atoms with van der Waals surface area (Å²) in [4.78, 5) is 13.1. The van der Waals surface area contributed by atoms with Gasteiger partial charge in [-0.05, 0) is 88.0 Å². The third-order valence-corrected chi connectivity index (χ3v) is 9.52. The number of esters is 1. The number of hydrogen-bond acceptors (Lipinski definition) is 4. The Morgan fingerprint density at radius 3 is 2.74 bits per heavy atom. The second kappa shape index (κ2) is 9.43. The highest BCUT2D eigenvalue weighted by atomic mass is 16.6. The number of benzene rings is 1. The molecule has 2 saturated carbocycles. The fourth-order valence-corrected chi connectivity index (χ4v) is 7.66. The van der Waals surface area contributed by atoms with Crippen molar-refractivity contribution in [2.24, 2.45) is 29.1 Å². The molecule has 0 amide bonds. The van der Waals surface area contributed by atoms with Crippen molar-refractivity contribution in [3.63, 3.8) is 0 Å². The summed E-state index contributed by atoms with van der Waals surface area (Å²) >= 11 is 0. The van der Waals surface area contributed by atoms with E-state index in [0.29, 0.717) is 30.3 Å². The second-order valence-corrected chi connectivity index (χ2v) is 12.5. The number of nitrogens with one attached hydrogen (secondary N) is 1. The van der Waals surface area contributed by atoms with Crippen LogP contribution in [0.25, 0.3) is 0 Å². The number of hydrogen-bond donors (Lipinski definition) is 1. The van der Waals surface area contributed by atoms with Crippen LogP contribution in [0.5, 0.6) is 0 Å². The van der Waals surface area contributed by atoms with Crippen molar-refractivity contribution in [1.82, 2.24) is 5.32 Å². The summed E-state index contributed by atoms with van der Waals surface area (Å²) in [6, 6.07) is 11.1. The average Bonchev–Trinajstić information content (AvgIpc) is 3.08. The van der Waals surface area contributed by atoms with Gasteiger partial charge in [0, 0.05) is 25.1 Å². The van der Waals surface area contributed by atoms with Gasteiger partial charge in [0.15, 0.2) is 0 Å². The molecule has 2 heterocycles. The van der Waals surface area contributed by atoms with E-state index in [1.165, 1.54) is 24.0 Å². The number of allylic oxidation sites excluding steroid dienone is 1. The van der Waals surface area contributed by atoms with E-state index >= 15 is 0 Å². The van der Waals surface area contributed by atoms with Gasteiger partial charge in [-0.25, -0.2) is 0 Å². The highest BCUT2D eigenvalue weighted by Crippen LogP contribution is 2.56. The van der Waals surface area contributed by atoms with Crippen LogP contribution in [-0.4, -0.2) is 36.9 Å². The number of carbonyl (C=O) groups excluding carboxylic acids is 1. The zero-order chi connectivity index (χ0) is 23.9. The van der Waals surface area contributed by atoms with E-state index in [-0.39, 0.29) is 29.0 Å². The Morgan fingerprint density at radius 2 is 1.97 bits per heavy atom. The second-order valence-electron chi connectivity index (χ2n) is 12.5. The topological polar surface area (TPSA) is 47.6 Å². The van der Waals surface area contributed by atoms with Crippen LogP contribution < -0.4 is 5.32 Å². The summed E-state index contributed by atoms with van der Waals surface area (Å²) in [6.07, 6.45) is 8.85. The minimum atomic E-state index is -0.0912. The van der Waals surface area contributed by atoms with Gasteiger partial charge in [0.2, 0.25) is 0 Å². The monoisotopic (exact) mass is 465 g/mol. The summed E-state index contributed by atoms with van der Waals surface area (Å²) < 4.78 is 12.0. The van der Waals surface area contributed by atoms with Crippen molar-refractivity contribution >= 4 is 5.97 Å². The molecule has 5 rings (SSSR count). The molecule has 0 unspecified atom stereocenters. The third kappa shape index (κ3) is 4.86. The van der Waals surface area contributed by atoms with Crippen LogP contribution in [-0.2, 0) is 20.7 Å². The van der Waals surface area contributed by atoms with E-state index in [1.54, 1.807) is 0 Å². The molecule has 186 valence electrons. The standard InChI is InChI=1S/C30H43NO3/c1-20-9-8-13-30(4)18-27-23(16-25(20)30)24(28(32)34-27)19-31-26(15-21-10-6-5-7-11-21)22-12-14-33-29(2,3)17-22/h5-7,10-11,22-27,31H,1,8-9,12-19H2,2-4H3/t22-,23+,24+,25-,26-,27+,30+/m0/s1. The van der Waals surface area contributed by atoms with E-state index < -0.39 is 0 Å². The van der Waals surface area contributed by atoms with Gasteiger partial charge in [0.05, 0.1) is 11.5 Å². The van der Waals surface area contributed by atoms with Gasteiger partial charge in [-0.3, -0.25) is 4.79 Å². The normalized spacial score (nSPS) is 38.0. The van der Waals surface area contributed by atoms with Crippen LogP contribution in [0.15, 0.2) is 42.5 Å². The number of fused-ring (bicyclic) bond motifs is 2. The van der Waals surface area contributed by atoms with Gasteiger partial charge < -0.3 is 14.8 Å². The van der Waals surface area contributed by atoms with E-state index in [9.17, 15) is 4.79 Å². The van der Waals surface area contributed by atoms with E-state index in [2.05, 4.69) is 63.0 Å². The minimum absolute atomic E-state index is 0.0149. The third-order valence-electron chi connectivity index (χ3n) is 9.52. The van der Waals surface area contributed by atoms with Gasteiger partial charge in [-0.15, -0.1) is 0 Å². The first-order chi connectivity index (χ1) is 16.2. The molecule has 0 bridgehead atoms. The van der Waals surface area contributed by atoms with Crippen LogP contribution in [0.2, 0.25) is 0 Å². The van der Waals surface area contributed by atoms with Gasteiger partial charge in [0.25, 0.3) is 0 Å². The van der Waals surface area contributed by atoms with Gasteiger partial charge >= 0.3 is 5.97 Å². The fourth-order valence-electron chi connectivity index (χ4n) is 7.66. The zero-order valence-corrected chi connectivity index (χ0v) is 21.4. The molecular weight excluding hydrogens is 422 g/mol. The van der Waals surface area contributed by atoms with Crippen LogP contribution in [0.1, 0.15) is 71.3 Å². The Kier molecular flexibility index (Phi) is 6.67. The fraction of sp³-hybridized carbons (Fsp3) is 0.700. The SMILES string of the molecule is C=C1CCC[C@]2(C)C[C@H]3OC(=O)[C@H](CN[C@@H](Cc4ccccc4)[C@H]4CCOC(C)(C)C4)[C@H]3C[C@@H]12. The summed E-state index contributed by atoms with van der Waals surface area (Å²) in [7, 11) is 0. The summed E-state index contributed by atoms with van der Waals surface area (Å²) in [5, 5.41) is 3.90. The van der Waals surface area contributed by atoms with E-state index in [0.717, 1.165) is 45.1 Å². The number of rotatable bonds is 6. The van der Waals surface area contributed by atoms with Crippen LogP contribution in [0.4, 0.5) is 0 Å². The van der Waals surface area contributed by atoms with Gasteiger partial charge in [-0.2, -0.15) is 0 Å². The molecule has 4 nitrogen and oxygen atoms in total. The minimum Gasteiger partial charge on any atom is -0.462 e. The lowest BCUT2D eigenvalue weighted by molar-refractivity contribution is -0.146. The highest BCUT2D eigenvalue weighted by Gasteiger charge is 2.55. The average molecular weight is 466 g/mol. The smallest absolute Gasteiger partial charge is 0.310 e. The molecule has 1 aromatic rings. The molecule has 7 atom stereocenters. The Hall–Kier alpha value is -1.65. The Bertz CT molecular complexity index is 896. The highest BCUT2D eigenvalue weighted by molar-refractivity contribution is 5.75. The van der Waals surface area contributed by atoms with Gasteiger partial charge in [0.1, 0.15) is 6.10 Å². The maximum atomic E-state index is 13.1. The Balaban J connectivity index is 1.30. The molecule has 2 saturated heterocycles. The lowest BCUT2D eigenvalue weighted by atomic mass is 9.55. The molecule has 0 radical (unpaired) electrons. The first-order valence-corrected chi connectivity index (χ1v) is 13.5. The van der Waals surface area contributed by atoms with Crippen molar-refractivity contribution in [3.8, 4) is 0 Å². The molecule has 1 aromatic carbocycles. The summed E-state index contributed by atoms with van der Waals surface area (Å²) in [5.41, 5.74) is 2.92. The van der Waals surface area contributed by atoms with Gasteiger partial charge in [-0.1, -0.05) is 49.4 Å². The summed E-state index contributed by atoms with van der Waals surface area (Å²) in [6.45, 7) is 12.8. The maximum absolute atomic E-state index is 13.1. The Labute approximate surface area is 205 Å². The van der Waals surface area contributed by atoms with Crippen molar-refractivity contribution in [3.05, 3.63) is 48.0 Å². The summed E-state index contributed by atoms with van der Waals surface area (Å²) in [5.74, 6) is 1.36. The lowest BCUT2D eigenvalue weighted by Crippen LogP contribution is -2.49. The molecule has 4 fully saturated rings. The predicted molar refractivity (Wildman–Crippen MR) is 135 cm³/mol. The zero-order valence-electron chi connectivity index (χ0n) is 21.4. The van der Waals surface area contributed by atoms with E-state index in [1.807, 2.05) is 0 Å².